The van der Waals surface area contributed by atoms with Gasteiger partial charge in [-0.15, -0.1) is 0 Å². The quantitative estimate of drug-likeness (QED) is 0.576. The molecule has 0 aliphatic rings. The van der Waals surface area contributed by atoms with E-state index in [1.807, 2.05) is 13.0 Å². The van der Waals surface area contributed by atoms with Gasteiger partial charge in [0.1, 0.15) is 6.61 Å². The van der Waals surface area contributed by atoms with Crippen molar-refractivity contribution in [2.75, 3.05) is 13.2 Å². The van der Waals surface area contributed by atoms with Crippen LogP contribution >= 0.6 is 0 Å². The summed E-state index contributed by atoms with van der Waals surface area (Å²) >= 11 is 0. The van der Waals surface area contributed by atoms with Gasteiger partial charge in [-0.3, -0.25) is 0 Å². The molecule has 0 bridgehead atoms. The van der Waals surface area contributed by atoms with Crippen LogP contribution in [0.4, 0.5) is 0 Å². The van der Waals surface area contributed by atoms with Crippen molar-refractivity contribution in [1.29, 1.82) is 0 Å². The van der Waals surface area contributed by atoms with E-state index in [4.69, 9.17) is 9.84 Å². The zero-order valence-electron chi connectivity index (χ0n) is 5.76. The summed E-state index contributed by atoms with van der Waals surface area (Å²) in [6.45, 7) is 6.00. The van der Waals surface area contributed by atoms with Crippen molar-refractivity contribution in [3.63, 3.8) is 0 Å². The second-order valence-electron chi connectivity index (χ2n) is 1.65. The van der Waals surface area contributed by atoms with E-state index in [9.17, 15) is 0 Å². The molecule has 1 N–H and O–H groups in total. The van der Waals surface area contributed by atoms with Crippen molar-refractivity contribution in [3.05, 3.63) is 18.8 Å². The summed E-state index contributed by atoms with van der Waals surface area (Å²) in [5, 5.41) is 8.30. The lowest BCUT2D eigenvalue weighted by Gasteiger charge is -2.01. The van der Waals surface area contributed by atoms with Gasteiger partial charge in [-0.25, -0.2) is 0 Å². The predicted octanol–water partition coefficient (Wildman–Crippen LogP) is 1.12. The summed E-state index contributed by atoms with van der Waals surface area (Å²) in [5.74, 6) is 0.645. The molecule has 9 heavy (non-hydrogen) atoms. The Hall–Kier alpha value is -0.500. The molecule has 0 rings (SSSR count). The Bertz CT molecular complexity index is 86.9. The molecule has 0 amide bonds. The Morgan fingerprint density at radius 3 is 2.89 bits per heavy atom. The van der Waals surface area contributed by atoms with Crippen LogP contribution in [0.5, 0.6) is 0 Å². The lowest BCUT2D eigenvalue weighted by Crippen LogP contribution is -1.96. The first kappa shape index (κ1) is 8.50. The topological polar surface area (TPSA) is 29.5 Å². The Morgan fingerprint density at radius 1 is 1.78 bits per heavy atom. The van der Waals surface area contributed by atoms with Crippen molar-refractivity contribution >= 4 is 0 Å². The second-order valence-corrected chi connectivity index (χ2v) is 1.65. The standard InChI is InChI=1S/C7H13O2/c1-3-4-7(2)9-6-5-8/h4,8H,2-3,5-6H2,1H3. The van der Waals surface area contributed by atoms with Crippen LogP contribution < -0.4 is 0 Å². The zero-order chi connectivity index (χ0) is 7.11. The van der Waals surface area contributed by atoms with Gasteiger partial charge in [-0.1, -0.05) is 6.92 Å². The van der Waals surface area contributed by atoms with Gasteiger partial charge in [0.05, 0.1) is 12.4 Å². The predicted molar refractivity (Wildman–Crippen MR) is 36.8 cm³/mol. The molecule has 2 nitrogen and oxygen atoms in total. The van der Waals surface area contributed by atoms with Gasteiger partial charge in [-0.05, 0) is 12.5 Å². The van der Waals surface area contributed by atoms with Crippen LogP contribution in [-0.4, -0.2) is 18.3 Å². The van der Waals surface area contributed by atoms with Crippen LogP contribution in [0.1, 0.15) is 13.3 Å². The van der Waals surface area contributed by atoms with Crippen LogP contribution in [0.2, 0.25) is 0 Å². The highest BCUT2D eigenvalue weighted by Gasteiger charge is 1.85. The van der Waals surface area contributed by atoms with E-state index in [1.54, 1.807) is 0 Å². The highest BCUT2D eigenvalue weighted by atomic mass is 16.5. The molecule has 0 saturated heterocycles. The largest absolute Gasteiger partial charge is 0.496 e. The zero-order valence-corrected chi connectivity index (χ0v) is 5.76. The molecular weight excluding hydrogens is 116 g/mol. The molecule has 1 radical (unpaired) electrons. The molecular formula is C7H13O2. The van der Waals surface area contributed by atoms with Crippen molar-refractivity contribution in [2.45, 2.75) is 13.3 Å². The molecule has 0 unspecified atom stereocenters. The van der Waals surface area contributed by atoms with Crippen molar-refractivity contribution in [1.82, 2.24) is 0 Å². The van der Waals surface area contributed by atoms with Gasteiger partial charge < -0.3 is 9.84 Å². The van der Waals surface area contributed by atoms with Gasteiger partial charge >= 0.3 is 0 Å². The smallest absolute Gasteiger partial charge is 0.111 e. The molecule has 0 aliphatic carbocycles. The molecule has 0 aromatic carbocycles. The van der Waals surface area contributed by atoms with Gasteiger partial charge in [0.2, 0.25) is 0 Å². The van der Waals surface area contributed by atoms with Crippen LogP contribution in [0, 0.1) is 6.92 Å². The van der Waals surface area contributed by atoms with Crippen molar-refractivity contribution < 1.29 is 9.84 Å². The number of hydrogen-bond acceptors (Lipinski definition) is 2. The first-order chi connectivity index (χ1) is 4.31. The van der Waals surface area contributed by atoms with E-state index in [0.717, 1.165) is 6.42 Å². The fourth-order valence-electron chi connectivity index (χ4n) is 0.463. The highest BCUT2D eigenvalue weighted by molar-refractivity contribution is 4.94. The molecule has 0 heterocycles. The number of aliphatic hydroxyl groups is 1. The second kappa shape index (κ2) is 5.63. The number of rotatable bonds is 4. The van der Waals surface area contributed by atoms with Crippen LogP contribution in [0.3, 0.4) is 0 Å². The summed E-state index contributed by atoms with van der Waals surface area (Å²) in [4.78, 5) is 0. The lowest BCUT2D eigenvalue weighted by atomic mass is 10.4. The first-order valence-electron chi connectivity index (χ1n) is 3.07. The number of aliphatic hydroxyl groups excluding tert-OH is 1. The molecule has 0 aromatic heterocycles. The number of allylic oxidation sites excluding steroid dienone is 2. The molecule has 0 fully saturated rings. The normalized spacial score (nSPS) is 11.7. The van der Waals surface area contributed by atoms with E-state index in [1.165, 1.54) is 0 Å². The van der Waals surface area contributed by atoms with Gasteiger partial charge in [-0.2, -0.15) is 0 Å². The fraction of sp³-hybridized carbons (Fsp3) is 0.571. The van der Waals surface area contributed by atoms with Crippen LogP contribution in [0.15, 0.2) is 11.8 Å². The minimum Gasteiger partial charge on any atom is -0.496 e. The third-order valence-corrected chi connectivity index (χ3v) is 0.811. The first-order valence-corrected chi connectivity index (χ1v) is 3.07. The maximum Gasteiger partial charge on any atom is 0.111 e. The molecule has 0 aliphatic heterocycles. The van der Waals surface area contributed by atoms with Gasteiger partial charge in [0, 0.05) is 6.92 Å². The Balaban J connectivity index is 3.25. The monoisotopic (exact) mass is 129 g/mol. The Labute approximate surface area is 56.1 Å². The summed E-state index contributed by atoms with van der Waals surface area (Å²) in [5.41, 5.74) is 0. The average molecular weight is 129 g/mol. The van der Waals surface area contributed by atoms with Gasteiger partial charge in [0.15, 0.2) is 0 Å². The average Bonchev–Trinajstić information content (AvgIpc) is 1.85. The van der Waals surface area contributed by atoms with E-state index < -0.39 is 0 Å². The summed E-state index contributed by atoms with van der Waals surface area (Å²) in [7, 11) is 0. The SMILES string of the molecule is [CH2]C(=CCC)OCCO. The van der Waals surface area contributed by atoms with E-state index >= 15 is 0 Å². The van der Waals surface area contributed by atoms with Crippen LogP contribution in [0.25, 0.3) is 0 Å². The Morgan fingerprint density at radius 2 is 2.44 bits per heavy atom. The summed E-state index contributed by atoms with van der Waals surface area (Å²) in [6.07, 6.45) is 2.79. The lowest BCUT2D eigenvalue weighted by molar-refractivity contribution is 0.151. The number of ether oxygens (including phenoxy) is 1. The maximum atomic E-state index is 8.30. The summed E-state index contributed by atoms with van der Waals surface area (Å²) < 4.78 is 4.93. The van der Waals surface area contributed by atoms with E-state index in [0.29, 0.717) is 12.4 Å². The van der Waals surface area contributed by atoms with E-state index in [-0.39, 0.29) is 6.61 Å². The van der Waals surface area contributed by atoms with Crippen molar-refractivity contribution in [2.24, 2.45) is 0 Å². The minimum absolute atomic E-state index is 0.0522. The third kappa shape index (κ3) is 5.37. The maximum absolute atomic E-state index is 8.30. The molecule has 0 saturated carbocycles. The highest BCUT2D eigenvalue weighted by Crippen LogP contribution is 1.94. The molecule has 0 atom stereocenters. The number of hydrogen-bond donors (Lipinski definition) is 1. The fourth-order valence-corrected chi connectivity index (χ4v) is 0.463. The Kier molecular flexibility index (Phi) is 5.32. The van der Waals surface area contributed by atoms with Crippen LogP contribution in [-0.2, 0) is 4.74 Å². The molecule has 53 valence electrons. The molecule has 0 aromatic rings. The summed E-state index contributed by atoms with van der Waals surface area (Å²) in [6, 6.07) is 0. The van der Waals surface area contributed by atoms with Crippen molar-refractivity contribution in [3.8, 4) is 0 Å². The minimum atomic E-state index is 0.0522. The molecule has 2 heteroatoms. The molecule has 0 spiro atoms. The van der Waals surface area contributed by atoms with Gasteiger partial charge in [0.25, 0.3) is 0 Å². The third-order valence-electron chi connectivity index (χ3n) is 0.811. The van der Waals surface area contributed by atoms with E-state index in [2.05, 4.69) is 6.92 Å².